The lowest BCUT2D eigenvalue weighted by molar-refractivity contribution is 0.669. The maximum absolute atomic E-state index is 6.59. The monoisotopic (exact) mass is 827 g/mol. The Hall–Kier alpha value is -8.66. The minimum Gasteiger partial charge on any atom is -0.455 e. The maximum Gasteiger partial charge on any atom is 0.143 e. The van der Waals surface area contributed by atoms with Crippen molar-refractivity contribution in [1.29, 1.82) is 0 Å². The van der Waals surface area contributed by atoms with E-state index in [0.717, 1.165) is 93.6 Å². The van der Waals surface area contributed by atoms with Gasteiger partial charge in [0.05, 0.1) is 11.0 Å². The second kappa shape index (κ2) is 13.9. The van der Waals surface area contributed by atoms with Crippen molar-refractivity contribution in [3.8, 4) is 50.2 Å². The first-order chi connectivity index (χ1) is 32.2. The van der Waals surface area contributed by atoms with Crippen LogP contribution in [0.2, 0.25) is 0 Å². The van der Waals surface area contributed by atoms with Crippen LogP contribution in [-0.4, -0.2) is 4.57 Å². The second-order valence-electron chi connectivity index (χ2n) is 17.1. The Bertz CT molecular complexity index is 4010. The molecule has 0 amide bonds. The highest BCUT2D eigenvalue weighted by Crippen LogP contribution is 2.46. The lowest BCUT2D eigenvalue weighted by Gasteiger charge is -2.18. The van der Waals surface area contributed by atoms with Crippen molar-refractivity contribution >= 4 is 87.2 Å². The molecule has 0 N–H and O–H groups in total. The first-order valence-electron chi connectivity index (χ1n) is 22.2. The van der Waals surface area contributed by atoms with Gasteiger partial charge in [0, 0.05) is 49.1 Å². The zero-order valence-electron chi connectivity index (χ0n) is 35.1. The van der Waals surface area contributed by atoms with Gasteiger partial charge in [-0.15, -0.1) is 0 Å². The summed E-state index contributed by atoms with van der Waals surface area (Å²) in [5.41, 5.74) is 16.2. The highest BCUT2D eigenvalue weighted by molar-refractivity contribution is 6.22. The van der Waals surface area contributed by atoms with Gasteiger partial charge >= 0.3 is 0 Å². The molecule has 65 heavy (non-hydrogen) atoms. The summed E-state index contributed by atoms with van der Waals surface area (Å²) >= 11 is 0. The van der Waals surface area contributed by atoms with Crippen molar-refractivity contribution in [3.63, 3.8) is 0 Å². The van der Waals surface area contributed by atoms with Gasteiger partial charge in [-0.05, 0) is 103 Å². The molecule has 0 saturated heterocycles. The van der Waals surface area contributed by atoms with Gasteiger partial charge < -0.3 is 13.4 Å². The Balaban J connectivity index is 1.02. The molecule has 0 atom stereocenters. The minimum absolute atomic E-state index is 0.896. The molecule has 11 aromatic carbocycles. The normalized spacial score (nSPS) is 12.0. The van der Waals surface area contributed by atoms with Crippen molar-refractivity contribution in [1.82, 2.24) is 4.57 Å². The number of aromatic nitrogens is 1. The van der Waals surface area contributed by atoms with E-state index in [1.165, 1.54) is 43.8 Å². The summed E-state index contributed by atoms with van der Waals surface area (Å²) in [4.78, 5) is 0. The van der Waals surface area contributed by atoms with E-state index in [1.807, 2.05) is 12.1 Å². The van der Waals surface area contributed by atoms with E-state index < -0.39 is 0 Å². The first-order valence-corrected chi connectivity index (χ1v) is 22.2. The third kappa shape index (κ3) is 5.36. The van der Waals surface area contributed by atoms with Crippen molar-refractivity contribution < 1.29 is 8.83 Å². The van der Waals surface area contributed by atoms with E-state index in [1.54, 1.807) is 0 Å². The van der Waals surface area contributed by atoms with Crippen molar-refractivity contribution in [3.05, 3.63) is 224 Å². The molecule has 3 heteroatoms. The van der Waals surface area contributed by atoms with E-state index in [9.17, 15) is 0 Å². The van der Waals surface area contributed by atoms with E-state index in [2.05, 4.69) is 217 Å². The highest BCUT2D eigenvalue weighted by atomic mass is 16.3. The summed E-state index contributed by atoms with van der Waals surface area (Å²) in [7, 11) is 0. The number of benzene rings is 11. The Morgan fingerprint density at radius 3 is 1.20 bits per heavy atom. The highest BCUT2D eigenvalue weighted by Gasteiger charge is 2.21. The summed E-state index contributed by atoms with van der Waals surface area (Å²) in [6, 6.07) is 81.1. The van der Waals surface area contributed by atoms with Crippen LogP contribution in [0.15, 0.2) is 233 Å². The molecule has 0 aliphatic carbocycles. The SMILES string of the molecule is c1ccc(-c2c3ccccc3c(-c3cccc(-n4c5ccc(-c6cccc7c6oc6ccccc67)cc5c5cc(-c6cccc7c6oc6ccccc67)ccc54)c3)c3ccccc23)cc1. The Morgan fingerprint density at radius 1 is 0.262 bits per heavy atom. The smallest absolute Gasteiger partial charge is 0.143 e. The number of hydrogen-bond acceptors (Lipinski definition) is 2. The van der Waals surface area contributed by atoms with Crippen LogP contribution in [0.5, 0.6) is 0 Å². The average molecular weight is 828 g/mol. The molecule has 0 bridgehead atoms. The van der Waals surface area contributed by atoms with Gasteiger partial charge in [-0.25, -0.2) is 0 Å². The van der Waals surface area contributed by atoms with Gasteiger partial charge in [0.2, 0.25) is 0 Å². The third-order valence-electron chi connectivity index (χ3n) is 13.6. The molecule has 14 rings (SSSR count). The molecule has 0 radical (unpaired) electrons. The number of hydrogen-bond donors (Lipinski definition) is 0. The molecule has 3 nitrogen and oxygen atoms in total. The van der Waals surface area contributed by atoms with E-state index in [-0.39, 0.29) is 0 Å². The molecule has 0 saturated carbocycles. The number of fused-ring (bicyclic) bond motifs is 11. The molecule has 14 aromatic rings. The zero-order valence-corrected chi connectivity index (χ0v) is 35.1. The summed E-state index contributed by atoms with van der Waals surface area (Å²) in [6.45, 7) is 0. The molecule has 0 unspecified atom stereocenters. The fourth-order valence-corrected chi connectivity index (χ4v) is 10.7. The van der Waals surface area contributed by atoms with Crippen molar-refractivity contribution in [2.24, 2.45) is 0 Å². The minimum atomic E-state index is 0.896. The lowest BCUT2D eigenvalue weighted by Crippen LogP contribution is -1.95. The van der Waals surface area contributed by atoms with E-state index in [4.69, 9.17) is 8.83 Å². The van der Waals surface area contributed by atoms with Crippen LogP contribution in [0.3, 0.4) is 0 Å². The quantitative estimate of drug-likeness (QED) is 0.162. The van der Waals surface area contributed by atoms with Crippen LogP contribution in [0.1, 0.15) is 0 Å². The van der Waals surface area contributed by atoms with Gasteiger partial charge in [-0.2, -0.15) is 0 Å². The summed E-state index contributed by atoms with van der Waals surface area (Å²) in [6.07, 6.45) is 0. The van der Waals surface area contributed by atoms with Gasteiger partial charge in [0.1, 0.15) is 22.3 Å². The first kappa shape index (κ1) is 35.9. The molecule has 0 fully saturated rings. The molecular formula is C62H37NO2. The van der Waals surface area contributed by atoms with Gasteiger partial charge in [-0.3, -0.25) is 0 Å². The lowest BCUT2D eigenvalue weighted by atomic mass is 9.86. The molecule has 3 heterocycles. The Labute approximate surface area is 373 Å². The average Bonchev–Trinajstić information content (AvgIpc) is 4.05. The number of furan rings is 2. The number of nitrogens with zero attached hydrogens (tertiary/aromatic N) is 1. The van der Waals surface area contributed by atoms with Crippen LogP contribution < -0.4 is 0 Å². The molecule has 302 valence electrons. The standard InChI is InChI=1S/C62H37NO2/c1-2-15-38(16-3-1)59-47-21-4-6-23-49(47)60(50-24-7-5-22-48(50)59)41-17-12-18-42(35-41)63-55-33-31-39(43-25-13-27-51-45-19-8-10-29-57(45)64-61(43)51)36-53(55)54-37-40(32-34-56(54)63)44-26-14-28-52-46-20-9-11-30-58(46)65-62(44)52/h1-37H. The predicted molar refractivity (Wildman–Crippen MR) is 272 cm³/mol. The van der Waals surface area contributed by atoms with Gasteiger partial charge in [-0.1, -0.05) is 176 Å². The largest absolute Gasteiger partial charge is 0.455 e. The maximum atomic E-state index is 6.59. The van der Waals surface area contributed by atoms with Crippen LogP contribution >= 0.6 is 0 Å². The van der Waals surface area contributed by atoms with Crippen LogP contribution in [0, 0.1) is 0 Å². The van der Waals surface area contributed by atoms with Gasteiger partial charge in [0.15, 0.2) is 0 Å². The molecule has 0 aliphatic rings. The fourth-order valence-electron chi connectivity index (χ4n) is 10.7. The summed E-state index contributed by atoms with van der Waals surface area (Å²) in [5.74, 6) is 0. The molecular weight excluding hydrogens is 791 g/mol. The predicted octanol–water partition coefficient (Wildman–Crippen LogP) is 17.6. The second-order valence-corrected chi connectivity index (χ2v) is 17.1. The summed E-state index contributed by atoms with van der Waals surface area (Å²) < 4.78 is 15.6. The summed E-state index contributed by atoms with van der Waals surface area (Å²) in [5, 5.41) is 11.8. The number of rotatable bonds is 5. The topological polar surface area (TPSA) is 31.2 Å². The number of para-hydroxylation sites is 4. The van der Waals surface area contributed by atoms with E-state index in [0.29, 0.717) is 0 Å². The van der Waals surface area contributed by atoms with E-state index >= 15 is 0 Å². The van der Waals surface area contributed by atoms with Gasteiger partial charge in [0.25, 0.3) is 0 Å². The third-order valence-corrected chi connectivity index (χ3v) is 13.6. The Morgan fingerprint density at radius 2 is 0.677 bits per heavy atom. The Kier molecular flexibility index (Phi) is 7.69. The zero-order chi connectivity index (χ0) is 42.6. The van der Waals surface area contributed by atoms with Crippen LogP contribution in [0.25, 0.3) is 137 Å². The van der Waals surface area contributed by atoms with Crippen LogP contribution in [-0.2, 0) is 0 Å². The van der Waals surface area contributed by atoms with Crippen molar-refractivity contribution in [2.45, 2.75) is 0 Å². The van der Waals surface area contributed by atoms with Crippen molar-refractivity contribution in [2.75, 3.05) is 0 Å². The molecule has 0 aliphatic heterocycles. The molecule has 0 spiro atoms. The fraction of sp³-hybridized carbons (Fsp3) is 0. The molecule has 3 aromatic heterocycles. The van der Waals surface area contributed by atoms with Crippen LogP contribution in [0.4, 0.5) is 0 Å².